The van der Waals surface area contributed by atoms with Gasteiger partial charge >= 0.3 is 6.01 Å². The molecule has 0 bridgehead atoms. The number of halogens is 3. The molecule has 3 aromatic heterocycles. The molecule has 4 aromatic rings. The molecule has 3 aliphatic heterocycles. The first-order chi connectivity index (χ1) is 18.9. The van der Waals surface area contributed by atoms with E-state index in [0.29, 0.717) is 29.7 Å². The van der Waals surface area contributed by atoms with E-state index in [1.54, 1.807) is 6.20 Å². The fraction of sp³-hybridized carbons (Fsp3) is 0.481. The predicted molar refractivity (Wildman–Crippen MR) is 145 cm³/mol. The third kappa shape index (κ3) is 4.15. The van der Waals surface area contributed by atoms with Crippen LogP contribution in [0.4, 0.5) is 24.1 Å². The smallest absolute Gasteiger partial charge is 0.319 e. The zero-order chi connectivity index (χ0) is 26.7. The summed E-state index contributed by atoms with van der Waals surface area (Å²) in [6.45, 7) is 3.07. The highest BCUT2D eigenvalue weighted by Crippen LogP contribution is 2.41. The van der Waals surface area contributed by atoms with Gasteiger partial charge in [-0.15, -0.1) is 0 Å². The summed E-state index contributed by atoms with van der Waals surface area (Å²) in [6.07, 6.45) is 6.07. The van der Waals surface area contributed by atoms with Crippen LogP contribution in [-0.4, -0.2) is 69.3 Å². The second-order valence-corrected chi connectivity index (χ2v) is 11.8. The number of benzene rings is 1. The largest absolute Gasteiger partial charge is 0.461 e. The zero-order valence-corrected chi connectivity index (χ0v) is 22.1. The summed E-state index contributed by atoms with van der Waals surface area (Å²) in [6, 6.07) is 2.78. The number of rotatable bonds is 5. The summed E-state index contributed by atoms with van der Waals surface area (Å²) in [5.41, 5.74) is 6.13. The van der Waals surface area contributed by atoms with Crippen molar-refractivity contribution in [2.75, 3.05) is 43.4 Å². The van der Waals surface area contributed by atoms with E-state index in [0.717, 1.165) is 63.1 Å². The van der Waals surface area contributed by atoms with Gasteiger partial charge in [0.25, 0.3) is 0 Å². The lowest BCUT2D eigenvalue weighted by molar-refractivity contribution is 0.107. The van der Waals surface area contributed by atoms with Crippen molar-refractivity contribution in [3.05, 3.63) is 30.0 Å². The van der Waals surface area contributed by atoms with Crippen LogP contribution in [0.3, 0.4) is 0 Å². The number of aromatic nitrogens is 4. The second kappa shape index (κ2) is 9.44. The van der Waals surface area contributed by atoms with Crippen molar-refractivity contribution in [1.29, 1.82) is 0 Å². The number of thiazole rings is 1. The van der Waals surface area contributed by atoms with Crippen LogP contribution in [-0.2, 0) is 0 Å². The fourth-order valence-electron chi connectivity index (χ4n) is 6.45. The fourth-order valence-corrected chi connectivity index (χ4v) is 7.22. The van der Waals surface area contributed by atoms with Gasteiger partial charge in [-0.3, -0.25) is 9.88 Å². The summed E-state index contributed by atoms with van der Waals surface area (Å²) in [4.78, 5) is 22.2. The number of piperidine rings is 1. The van der Waals surface area contributed by atoms with Crippen molar-refractivity contribution < 1.29 is 17.9 Å². The van der Waals surface area contributed by atoms with Gasteiger partial charge in [-0.2, -0.15) is 9.97 Å². The molecule has 0 spiro atoms. The average molecular weight is 556 g/mol. The third-order valence-electron chi connectivity index (χ3n) is 8.30. The lowest BCUT2D eigenvalue weighted by Crippen LogP contribution is -2.43. The Bertz CT molecular complexity index is 1580. The van der Waals surface area contributed by atoms with Crippen molar-refractivity contribution >= 4 is 43.4 Å². The maximum absolute atomic E-state index is 16.3. The molecule has 204 valence electrons. The van der Waals surface area contributed by atoms with Gasteiger partial charge in [0.1, 0.15) is 35.6 Å². The quantitative estimate of drug-likeness (QED) is 0.363. The molecular weight excluding hydrogens is 527 g/mol. The van der Waals surface area contributed by atoms with Crippen molar-refractivity contribution in [3.8, 4) is 17.3 Å². The second-order valence-electron chi connectivity index (χ2n) is 10.7. The molecule has 2 atom stereocenters. The first-order valence-corrected chi connectivity index (χ1v) is 14.2. The zero-order valence-electron chi connectivity index (χ0n) is 21.3. The van der Waals surface area contributed by atoms with Gasteiger partial charge in [0.2, 0.25) is 0 Å². The number of fused-ring (bicyclic) bond motifs is 3. The van der Waals surface area contributed by atoms with Crippen molar-refractivity contribution in [1.82, 2.24) is 24.8 Å². The molecule has 7 rings (SSSR count). The van der Waals surface area contributed by atoms with Crippen LogP contribution in [0.5, 0.6) is 6.01 Å². The van der Waals surface area contributed by atoms with Crippen molar-refractivity contribution in [2.24, 2.45) is 0 Å². The highest BCUT2D eigenvalue weighted by Gasteiger charge is 2.49. The number of nitrogens with zero attached hydrogens (tertiary/aromatic N) is 6. The molecule has 0 amide bonds. The van der Waals surface area contributed by atoms with Gasteiger partial charge < -0.3 is 15.4 Å². The molecule has 3 fully saturated rings. The number of nitrogen functional groups attached to an aromatic ring is 1. The Morgan fingerprint density at radius 1 is 1.05 bits per heavy atom. The summed E-state index contributed by atoms with van der Waals surface area (Å²) in [7, 11) is 0. The van der Waals surface area contributed by atoms with E-state index in [1.165, 1.54) is 12.1 Å². The van der Waals surface area contributed by atoms with E-state index in [1.807, 2.05) is 0 Å². The van der Waals surface area contributed by atoms with Crippen LogP contribution in [0.2, 0.25) is 0 Å². The molecule has 0 unspecified atom stereocenters. The molecule has 6 heterocycles. The van der Waals surface area contributed by atoms with E-state index in [2.05, 4.69) is 24.8 Å². The number of nitrogens with two attached hydrogens (primary N) is 1. The van der Waals surface area contributed by atoms with Crippen LogP contribution < -0.4 is 15.4 Å². The summed E-state index contributed by atoms with van der Waals surface area (Å²) in [5, 5.41) is 0.665. The molecule has 1 aromatic carbocycles. The predicted octanol–water partition coefficient (Wildman–Crippen LogP) is 5.11. The SMILES string of the molecule is Nc1nc2c(-c3ncc4c(N5CCCCC5)nc(OC[C@@]56CCCN5C[C@H](F)C6)nc4c3F)ccc(F)c2s1. The van der Waals surface area contributed by atoms with Crippen molar-refractivity contribution in [2.45, 2.75) is 50.2 Å². The van der Waals surface area contributed by atoms with Crippen LogP contribution in [0, 0.1) is 11.6 Å². The Labute approximate surface area is 227 Å². The van der Waals surface area contributed by atoms with Crippen LogP contribution in [0.1, 0.15) is 38.5 Å². The number of alkyl halides is 1. The van der Waals surface area contributed by atoms with Gasteiger partial charge in [-0.25, -0.2) is 18.2 Å². The molecule has 0 saturated carbocycles. The van der Waals surface area contributed by atoms with Gasteiger partial charge in [0.15, 0.2) is 10.9 Å². The normalized spacial score (nSPS) is 23.7. The Kier molecular flexibility index (Phi) is 6.00. The Hall–Kier alpha value is -3.25. The minimum absolute atomic E-state index is 0.00340. The van der Waals surface area contributed by atoms with Gasteiger partial charge in [0, 0.05) is 37.8 Å². The Morgan fingerprint density at radius 2 is 1.90 bits per heavy atom. The standard InChI is InChI=1S/C27H28F3N7OS/c28-15-11-27(7-4-10-37(27)13-15)14-38-26-34-21-17(24(35-26)36-8-2-1-3-9-36)12-32-20(19(21)30)16-5-6-18(29)23-22(16)33-25(31)39-23/h5-6,12,15H,1-4,7-11,13-14H2,(H2,31,33)/t15-,27+/m1/s1. The van der Waals surface area contributed by atoms with Crippen LogP contribution in [0.15, 0.2) is 18.3 Å². The minimum Gasteiger partial charge on any atom is -0.461 e. The first kappa shape index (κ1) is 24.8. The minimum atomic E-state index is -0.881. The number of hydrogen-bond acceptors (Lipinski definition) is 9. The first-order valence-electron chi connectivity index (χ1n) is 13.4. The molecule has 3 aliphatic rings. The number of ether oxygens (including phenoxy) is 1. The topological polar surface area (TPSA) is 93.3 Å². The number of pyridine rings is 1. The molecule has 3 saturated heterocycles. The average Bonchev–Trinajstić information content (AvgIpc) is 3.60. The van der Waals surface area contributed by atoms with Crippen LogP contribution in [0.25, 0.3) is 32.4 Å². The van der Waals surface area contributed by atoms with Gasteiger partial charge in [-0.05, 0) is 50.8 Å². The third-order valence-corrected chi connectivity index (χ3v) is 9.19. The van der Waals surface area contributed by atoms with Crippen LogP contribution >= 0.6 is 11.3 Å². The molecule has 0 radical (unpaired) electrons. The highest BCUT2D eigenvalue weighted by atomic mass is 32.1. The summed E-state index contributed by atoms with van der Waals surface area (Å²) >= 11 is 1.00. The molecule has 12 heteroatoms. The number of anilines is 2. The lowest BCUT2D eigenvalue weighted by Gasteiger charge is -2.31. The van der Waals surface area contributed by atoms with Gasteiger partial charge in [0.05, 0.1) is 21.1 Å². The molecule has 2 N–H and O–H groups in total. The van der Waals surface area contributed by atoms with E-state index in [4.69, 9.17) is 15.5 Å². The maximum atomic E-state index is 16.3. The molecule has 0 aliphatic carbocycles. The van der Waals surface area contributed by atoms with Gasteiger partial charge in [-0.1, -0.05) is 11.3 Å². The monoisotopic (exact) mass is 555 g/mol. The van der Waals surface area contributed by atoms with Crippen molar-refractivity contribution in [3.63, 3.8) is 0 Å². The van der Waals surface area contributed by atoms with E-state index < -0.39 is 17.8 Å². The summed E-state index contributed by atoms with van der Waals surface area (Å²) < 4.78 is 51.4. The summed E-state index contributed by atoms with van der Waals surface area (Å²) in [5.74, 6) is -0.564. The molecule has 39 heavy (non-hydrogen) atoms. The van der Waals surface area contributed by atoms with E-state index in [-0.39, 0.29) is 44.7 Å². The molecular formula is C27H28F3N7OS. The molecule has 8 nitrogen and oxygen atoms in total. The van der Waals surface area contributed by atoms with E-state index >= 15 is 4.39 Å². The van der Waals surface area contributed by atoms with E-state index in [9.17, 15) is 8.78 Å². The highest BCUT2D eigenvalue weighted by molar-refractivity contribution is 7.22. The number of hydrogen-bond donors (Lipinski definition) is 1. The Balaban J connectivity index is 1.33. The Morgan fingerprint density at radius 3 is 2.74 bits per heavy atom. The lowest BCUT2D eigenvalue weighted by atomic mass is 9.95. The maximum Gasteiger partial charge on any atom is 0.319 e.